The Balaban J connectivity index is 2.43. The van der Waals surface area contributed by atoms with E-state index >= 15 is 0 Å². The maximum absolute atomic E-state index is 12.0. The van der Waals surface area contributed by atoms with Gasteiger partial charge in [-0.05, 0) is 19.2 Å². The molecule has 5 nitrogen and oxygen atoms in total. The quantitative estimate of drug-likeness (QED) is 0.797. The van der Waals surface area contributed by atoms with Gasteiger partial charge in [-0.15, -0.1) is 0 Å². The number of hydrogen-bond acceptors (Lipinski definition) is 4. The van der Waals surface area contributed by atoms with Crippen molar-refractivity contribution in [3.63, 3.8) is 0 Å². The van der Waals surface area contributed by atoms with Gasteiger partial charge in [0.2, 0.25) is 5.88 Å². The molecule has 0 saturated carbocycles. The fourth-order valence-corrected chi connectivity index (χ4v) is 1.73. The third kappa shape index (κ3) is 6.75. The number of likely N-dealkylation sites (N-methyl/N-ethyl adjacent to an activating group) is 1. The maximum Gasteiger partial charge on any atom is 0.422 e. The summed E-state index contributed by atoms with van der Waals surface area (Å²) in [5.41, 5.74) is 0.277. The molecule has 0 radical (unpaired) electrons. The number of hydrogen-bond donors (Lipinski definition) is 1. The van der Waals surface area contributed by atoms with E-state index in [2.05, 4.69) is 19.9 Å². The van der Waals surface area contributed by atoms with Gasteiger partial charge in [0.05, 0.1) is 5.56 Å². The molecule has 0 aromatic carbocycles. The van der Waals surface area contributed by atoms with Crippen LogP contribution in [0.15, 0.2) is 18.3 Å². The minimum atomic E-state index is -4.41. The molecule has 124 valence electrons. The first kappa shape index (κ1) is 18.2. The first-order valence-electron chi connectivity index (χ1n) is 7.02. The van der Waals surface area contributed by atoms with E-state index in [9.17, 15) is 18.0 Å². The Morgan fingerprint density at radius 3 is 2.50 bits per heavy atom. The summed E-state index contributed by atoms with van der Waals surface area (Å²) < 4.78 is 40.4. The van der Waals surface area contributed by atoms with Crippen LogP contribution in [0.4, 0.5) is 13.2 Å². The van der Waals surface area contributed by atoms with E-state index in [0.717, 1.165) is 19.6 Å². The van der Waals surface area contributed by atoms with Crippen LogP contribution < -0.4 is 10.1 Å². The molecule has 0 aliphatic carbocycles. The third-order valence-electron chi connectivity index (χ3n) is 2.99. The molecule has 0 bridgehead atoms. The number of rotatable bonds is 8. The normalized spacial score (nSPS) is 11.5. The number of carbonyl (C=O) groups is 1. The van der Waals surface area contributed by atoms with Crippen LogP contribution >= 0.6 is 0 Å². The Kier molecular flexibility index (Phi) is 7.10. The van der Waals surface area contributed by atoms with Gasteiger partial charge < -0.3 is 15.0 Å². The van der Waals surface area contributed by atoms with E-state index < -0.39 is 12.8 Å². The zero-order valence-electron chi connectivity index (χ0n) is 12.6. The smallest absolute Gasteiger partial charge is 0.422 e. The Morgan fingerprint density at radius 1 is 1.32 bits per heavy atom. The molecule has 0 atom stereocenters. The van der Waals surface area contributed by atoms with Crippen LogP contribution in [0.25, 0.3) is 0 Å². The first-order chi connectivity index (χ1) is 10.4. The van der Waals surface area contributed by atoms with Crippen LogP contribution in [0.3, 0.4) is 0 Å². The molecule has 8 heteroatoms. The van der Waals surface area contributed by atoms with Crippen LogP contribution in [-0.2, 0) is 0 Å². The number of alkyl halides is 3. The van der Waals surface area contributed by atoms with Gasteiger partial charge in [0.1, 0.15) is 0 Å². The average molecular weight is 319 g/mol. The summed E-state index contributed by atoms with van der Waals surface area (Å²) in [6.45, 7) is 5.70. The summed E-state index contributed by atoms with van der Waals surface area (Å²) in [7, 11) is 0. The molecule has 1 N–H and O–H groups in total. The molecule has 0 saturated heterocycles. The second-order valence-electron chi connectivity index (χ2n) is 4.57. The SMILES string of the molecule is CCN(CC)CCNC(=O)c1ccc(OCC(F)(F)F)nc1. The molecule has 1 rings (SSSR count). The predicted molar refractivity (Wildman–Crippen MR) is 75.9 cm³/mol. The summed E-state index contributed by atoms with van der Waals surface area (Å²) in [5, 5.41) is 2.73. The molecule has 0 aliphatic heterocycles. The fraction of sp³-hybridized carbons (Fsp3) is 0.571. The summed E-state index contributed by atoms with van der Waals surface area (Å²) >= 11 is 0. The van der Waals surface area contributed by atoms with Crippen LogP contribution in [-0.4, -0.2) is 54.8 Å². The molecule has 1 amide bonds. The number of amides is 1. The van der Waals surface area contributed by atoms with Crippen LogP contribution in [0.1, 0.15) is 24.2 Å². The molecule has 1 heterocycles. The van der Waals surface area contributed by atoms with Crippen molar-refractivity contribution in [2.45, 2.75) is 20.0 Å². The Hall–Kier alpha value is -1.83. The van der Waals surface area contributed by atoms with Crippen LogP contribution in [0, 0.1) is 0 Å². The number of pyridine rings is 1. The lowest BCUT2D eigenvalue weighted by Gasteiger charge is -2.17. The highest BCUT2D eigenvalue weighted by molar-refractivity contribution is 5.93. The summed E-state index contributed by atoms with van der Waals surface area (Å²) in [5.74, 6) is -0.487. The fourth-order valence-electron chi connectivity index (χ4n) is 1.73. The van der Waals surface area contributed by atoms with Gasteiger partial charge in [0, 0.05) is 25.4 Å². The van der Waals surface area contributed by atoms with Gasteiger partial charge in [0.25, 0.3) is 5.91 Å². The summed E-state index contributed by atoms with van der Waals surface area (Å²) in [6, 6.07) is 2.62. The Labute approximate surface area is 127 Å². The van der Waals surface area contributed by atoms with Gasteiger partial charge in [-0.1, -0.05) is 13.8 Å². The average Bonchev–Trinajstić information content (AvgIpc) is 2.49. The lowest BCUT2D eigenvalue weighted by atomic mass is 10.2. The highest BCUT2D eigenvalue weighted by atomic mass is 19.4. The van der Waals surface area contributed by atoms with Gasteiger partial charge >= 0.3 is 6.18 Å². The van der Waals surface area contributed by atoms with E-state index in [1.807, 2.05) is 13.8 Å². The van der Waals surface area contributed by atoms with Gasteiger partial charge in [-0.25, -0.2) is 4.98 Å². The highest BCUT2D eigenvalue weighted by Crippen LogP contribution is 2.16. The molecular weight excluding hydrogens is 299 g/mol. The van der Waals surface area contributed by atoms with Crippen LogP contribution in [0.2, 0.25) is 0 Å². The Morgan fingerprint density at radius 2 is 2.00 bits per heavy atom. The predicted octanol–water partition coefficient (Wildman–Crippen LogP) is 2.09. The molecule has 1 aromatic heterocycles. The van der Waals surface area contributed by atoms with Gasteiger partial charge in [-0.2, -0.15) is 13.2 Å². The summed E-state index contributed by atoms with van der Waals surface area (Å²) in [4.78, 5) is 17.7. The summed E-state index contributed by atoms with van der Waals surface area (Å²) in [6.07, 6.45) is -3.22. The minimum absolute atomic E-state index is 0.169. The lowest BCUT2D eigenvalue weighted by Crippen LogP contribution is -2.34. The van der Waals surface area contributed by atoms with E-state index in [1.54, 1.807) is 0 Å². The monoisotopic (exact) mass is 319 g/mol. The van der Waals surface area contributed by atoms with Crippen molar-refractivity contribution in [1.82, 2.24) is 15.2 Å². The molecular formula is C14H20F3N3O2. The number of ether oxygens (including phenoxy) is 1. The second kappa shape index (κ2) is 8.57. The molecule has 0 aliphatic rings. The van der Waals surface area contributed by atoms with Crippen molar-refractivity contribution in [2.75, 3.05) is 32.8 Å². The topological polar surface area (TPSA) is 54.5 Å². The van der Waals surface area contributed by atoms with E-state index in [1.165, 1.54) is 18.3 Å². The zero-order valence-corrected chi connectivity index (χ0v) is 12.6. The van der Waals surface area contributed by atoms with Crippen LogP contribution in [0.5, 0.6) is 5.88 Å². The number of carbonyl (C=O) groups excluding carboxylic acids is 1. The largest absolute Gasteiger partial charge is 0.468 e. The zero-order chi connectivity index (χ0) is 16.6. The van der Waals surface area contributed by atoms with Crippen molar-refractivity contribution >= 4 is 5.91 Å². The third-order valence-corrected chi connectivity index (χ3v) is 2.99. The maximum atomic E-state index is 12.0. The second-order valence-corrected chi connectivity index (χ2v) is 4.57. The van der Waals surface area contributed by atoms with Crippen molar-refractivity contribution in [2.24, 2.45) is 0 Å². The molecule has 1 aromatic rings. The van der Waals surface area contributed by atoms with Crippen molar-refractivity contribution in [3.05, 3.63) is 23.9 Å². The van der Waals surface area contributed by atoms with Crippen molar-refractivity contribution < 1.29 is 22.7 Å². The van der Waals surface area contributed by atoms with E-state index in [0.29, 0.717) is 6.54 Å². The molecule has 22 heavy (non-hydrogen) atoms. The molecule has 0 fully saturated rings. The Bertz CT molecular complexity index is 459. The highest BCUT2D eigenvalue weighted by Gasteiger charge is 2.28. The van der Waals surface area contributed by atoms with E-state index in [-0.39, 0.29) is 17.4 Å². The first-order valence-corrected chi connectivity index (χ1v) is 7.02. The van der Waals surface area contributed by atoms with E-state index in [4.69, 9.17) is 0 Å². The number of nitrogens with zero attached hydrogens (tertiary/aromatic N) is 2. The standard InChI is InChI=1S/C14H20F3N3O2/c1-3-20(4-2)8-7-18-13(21)11-5-6-12(19-9-11)22-10-14(15,16)17/h5-6,9H,3-4,7-8,10H2,1-2H3,(H,18,21). The molecule has 0 spiro atoms. The van der Waals surface area contributed by atoms with Gasteiger partial charge in [0.15, 0.2) is 6.61 Å². The van der Waals surface area contributed by atoms with Crippen molar-refractivity contribution in [1.29, 1.82) is 0 Å². The lowest BCUT2D eigenvalue weighted by molar-refractivity contribution is -0.154. The number of aromatic nitrogens is 1. The minimum Gasteiger partial charge on any atom is -0.468 e. The number of nitrogens with one attached hydrogen (secondary N) is 1. The molecule has 0 unspecified atom stereocenters. The van der Waals surface area contributed by atoms with Crippen molar-refractivity contribution in [3.8, 4) is 5.88 Å². The number of halogens is 3. The van der Waals surface area contributed by atoms with Gasteiger partial charge in [-0.3, -0.25) is 4.79 Å².